The van der Waals surface area contributed by atoms with Gasteiger partial charge in [-0.25, -0.2) is 9.18 Å². The molecule has 0 bridgehead atoms. The van der Waals surface area contributed by atoms with Crippen LogP contribution in [0.15, 0.2) is 42.5 Å². The Morgan fingerprint density at radius 3 is 2.79 bits per heavy atom. The Hall–Kier alpha value is -3.09. The number of anilines is 3. The number of fused-ring (bicyclic) bond motifs is 1. The van der Waals surface area contributed by atoms with Crippen molar-refractivity contribution in [2.24, 2.45) is 0 Å². The van der Waals surface area contributed by atoms with E-state index >= 15 is 0 Å². The minimum absolute atomic E-state index is 0.0193. The second-order valence-corrected chi connectivity index (χ2v) is 7.29. The Labute approximate surface area is 163 Å². The number of nitrogens with one attached hydrogen (secondary N) is 2. The zero-order valence-electron chi connectivity index (χ0n) is 15.7. The molecule has 6 nitrogen and oxygen atoms in total. The summed E-state index contributed by atoms with van der Waals surface area (Å²) in [4.78, 5) is 28.0. The van der Waals surface area contributed by atoms with Crippen molar-refractivity contribution >= 4 is 29.0 Å². The van der Waals surface area contributed by atoms with Gasteiger partial charge in [0.25, 0.3) is 0 Å². The Morgan fingerprint density at radius 2 is 2.00 bits per heavy atom. The number of halogens is 1. The molecule has 146 valence electrons. The molecule has 2 heterocycles. The summed E-state index contributed by atoms with van der Waals surface area (Å²) in [6, 6.07) is 12.0. The van der Waals surface area contributed by atoms with Crippen molar-refractivity contribution < 1.29 is 14.0 Å². The van der Waals surface area contributed by atoms with Crippen molar-refractivity contribution in [3.63, 3.8) is 0 Å². The van der Waals surface area contributed by atoms with Gasteiger partial charge in [-0.1, -0.05) is 12.1 Å². The second kappa shape index (κ2) is 7.50. The minimum atomic E-state index is -0.242. The van der Waals surface area contributed by atoms with Crippen LogP contribution in [0.25, 0.3) is 0 Å². The third kappa shape index (κ3) is 3.65. The molecule has 28 heavy (non-hydrogen) atoms. The molecule has 0 radical (unpaired) electrons. The lowest BCUT2D eigenvalue weighted by atomic mass is 10.0. The normalized spacial score (nSPS) is 19.1. The lowest BCUT2D eigenvalue weighted by molar-refractivity contribution is -0.116. The zero-order valence-corrected chi connectivity index (χ0v) is 15.7. The van der Waals surface area contributed by atoms with Crippen molar-refractivity contribution in [2.75, 3.05) is 35.2 Å². The standard InChI is InChI=1S/C21H23FN4O2/c1-14-13-25(19-5-3-2-4-17(19)22)10-11-26(14)21(28)23-16-7-8-18-15(12-16)6-9-20(27)24-18/h2-5,7-8,12,14H,6,9-11,13H2,1H3,(H,23,28)(H,24,27). The number of carbonyl (C=O) groups is 2. The van der Waals surface area contributed by atoms with Crippen molar-refractivity contribution in [3.05, 3.63) is 53.8 Å². The predicted molar refractivity (Wildman–Crippen MR) is 107 cm³/mol. The van der Waals surface area contributed by atoms with Gasteiger partial charge in [-0.3, -0.25) is 4.79 Å². The van der Waals surface area contributed by atoms with Crippen molar-refractivity contribution in [1.29, 1.82) is 0 Å². The highest BCUT2D eigenvalue weighted by Gasteiger charge is 2.28. The topological polar surface area (TPSA) is 64.7 Å². The average molecular weight is 382 g/mol. The van der Waals surface area contributed by atoms with E-state index in [1.165, 1.54) is 6.07 Å². The minimum Gasteiger partial charge on any atom is -0.365 e. The average Bonchev–Trinajstić information content (AvgIpc) is 2.68. The SMILES string of the molecule is CC1CN(c2ccccc2F)CCN1C(=O)Nc1ccc2c(c1)CCC(=O)N2. The highest BCUT2D eigenvalue weighted by Crippen LogP contribution is 2.27. The molecule has 2 aliphatic heterocycles. The molecule has 0 aromatic heterocycles. The van der Waals surface area contributed by atoms with E-state index in [4.69, 9.17) is 0 Å². The molecule has 1 fully saturated rings. The Kier molecular flexibility index (Phi) is 4.90. The number of nitrogens with zero attached hydrogens (tertiary/aromatic N) is 2. The number of amides is 3. The van der Waals surface area contributed by atoms with Crippen LogP contribution in [-0.4, -0.2) is 42.5 Å². The summed E-state index contributed by atoms with van der Waals surface area (Å²) in [5.41, 5.74) is 3.12. The van der Waals surface area contributed by atoms with Gasteiger partial charge >= 0.3 is 6.03 Å². The summed E-state index contributed by atoms with van der Waals surface area (Å²) in [6.45, 7) is 3.64. The van der Waals surface area contributed by atoms with Crippen LogP contribution in [0.1, 0.15) is 18.9 Å². The Bertz CT molecular complexity index is 917. The summed E-state index contributed by atoms with van der Waals surface area (Å²) in [6.07, 6.45) is 1.13. The van der Waals surface area contributed by atoms with Gasteiger partial charge < -0.3 is 20.4 Å². The molecule has 4 rings (SSSR count). The summed E-state index contributed by atoms with van der Waals surface area (Å²) in [5.74, 6) is -0.223. The first kappa shape index (κ1) is 18.3. The van der Waals surface area contributed by atoms with Gasteiger partial charge in [0.1, 0.15) is 5.82 Å². The van der Waals surface area contributed by atoms with Crippen molar-refractivity contribution in [2.45, 2.75) is 25.8 Å². The lowest BCUT2D eigenvalue weighted by Crippen LogP contribution is -2.55. The molecule has 1 atom stereocenters. The quantitative estimate of drug-likeness (QED) is 0.836. The molecule has 0 aliphatic carbocycles. The van der Waals surface area contributed by atoms with E-state index in [0.717, 1.165) is 11.3 Å². The second-order valence-electron chi connectivity index (χ2n) is 7.29. The fraction of sp³-hybridized carbons (Fsp3) is 0.333. The van der Waals surface area contributed by atoms with Gasteiger partial charge in [0.2, 0.25) is 5.91 Å². The molecule has 2 N–H and O–H groups in total. The highest BCUT2D eigenvalue weighted by molar-refractivity contribution is 5.95. The first-order valence-corrected chi connectivity index (χ1v) is 9.51. The molecular formula is C21H23FN4O2. The smallest absolute Gasteiger partial charge is 0.322 e. The van der Waals surface area contributed by atoms with Crippen LogP contribution in [0.3, 0.4) is 0 Å². The van der Waals surface area contributed by atoms with Gasteiger partial charge in [0.05, 0.1) is 5.69 Å². The number of piperazine rings is 1. The molecule has 3 amide bonds. The number of carbonyl (C=O) groups excluding carboxylic acids is 2. The molecule has 7 heteroatoms. The van der Waals surface area contributed by atoms with Crippen molar-refractivity contribution in [1.82, 2.24) is 4.90 Å². The van der Waals surface area contributed by atoms with Crippen LogP contribution in [0.2, 0.25) is 0 Å². The molecule has 0 spiro atoms. The molecule has 2 aromatic carbocycles. The predicted octanol–water partition coefficient (Wildman–Crippen LogP) is 3.45. The first-order valence-electron chi connectivity index (χ1n) is 9.51. The van der Waals surface area contributed by atoms with E-state index in [1.807, 2.05) is 30.0 Å². The fourth-order valence-electron chi connectivity index (χ4n) is 3.84. The maximum atomic E-state index is 14.0. The van der Waals surface area contributed by atoms with Gasteiger partial charge in [-0.2, -0.15) is 0 Å². The number of aryl methyl sites for hydroxylation is 1. The number of hydrogen-bond donors (Lipinski definition) is 2. The largest absolute Gasteiger partial charge is 0.365 e. The fourth-order valence-corrected chi connectivity index (χ4v) is 3.84. The number of hydrogen-bond acceptors (Lipinski definition) is 3. The van der Waals surface area contributed by atoms with Crippen LogP contribution in [0, 0.1) is 5.82 Å². The molecule has 2 aliphatic rings. The van der Waals surface area contributed by atoms with E-state index in [1.54, 1.807) is 23.1 Å². The van der Waals surface area contributed by atoms with Crippen LogP contribution in [0.4, 0.5) is 26.2 Å². The molecule has 1 saturated heterocycles. The number of benzene rings is 2. The number of rotatable bonds is 2. The maximum absolute atomic E-state index is 14.0. The van der Waals surface area contributed by atoms with E-state index < -0.39 is 0 Å². The molecular weight excluding hydrogens is 359 g/mol. The van der Waals surface area contributed by atoms with Crippen molar-refractivity contribution in [3.8, 4) is 0 Å². The zero-order chi connectivity index (χ0) is 19.7. The summed E-state index contributed by atoms with van der Waals surface area (Å²) in [5, 5.41) is 5.79. The van der Waals surface area contributed by atoms with Crippen LogP contribution < -0.4 is 15.5 Å². The highest BCUT2D eigenvalue weighted by atomic mass is 19.1. The van der Waals surface area contributed by atoms with Gasteiger partial charge in [-0.15, -0.1) is 0 Å². The van der Waals surface area contributed by atoms with Gasteiger partial charge in [0.15, 0.2) is 0 Å². The Morgan fingerprint density at radius 1 is 1.18 bits per heavy atom. The first-order chi connectivity index (χ1) is 13.5. The van der Waals surface area contributed by atoms with Gasteiger partial charge in [-0.05, 0) is 49.2 Å². The van der Waals surface area contributed by atoms with E-state index in [0.29, 0.717) is 43.9 Å². The third-order valence-electron chi connectivity index (χ3n) is 5.33. The van der Waals surface area contributed by atoms with Crippen LogP contribution in [0.5, 0.6) is 0 Å². The number of para-hydroxylation sites is 1. The van der Waals surface area contributed by atoms with Gasteiger partial charge in [0, 0.05) is 43.5 Å². The number of urea groups is 1. The Balaban J connectivity index is 1.41. The summed E-state index contributed by atoms with van der Waals surface area (Å²) >= 11 is 0. The van der Waals surface area contributed by atoms with Crippen LogP contribution >= 0.6 is 0 Å². The van der Waals surface area contributed by atoms with E-state index in [-0.39, 0.29) is 23.8 Å². The monoisotopic (exact) mass is 382 g/mol. The van der Waals surface area contributed by atoms with E-state index in [9.17, 15) is 14.0 Å². The summed E-state index contributed by atoms with van der Waals surface area (Å²) < 4.78 is 14.0. The maximum Gasteiger partial charge on any atom is 0.322 e. The van der Waals surface area contributed by atoms with E-state index in [2.05, 4.69) is 10.6 Å². The van der Waals surface area contributed by atoms with Crippen LogP contribution in [-0.2, 0) is 11.2 Å². The third-order valence-corrected chi connectivity index (χ3v) is 5.33. The lowest BCUT2D eigenvalue weighted by Gasteiger charge is -2.41. The molecule has 1 unspecified atom stereocenters. The molecule has 2 aromatic rings. The molecule has 0 saturated carbocycles. The summed E-state index contributed by atoms with van der Waals surface area (Å²) in [7, 11) is 0.